The first kappa shape index (κ1) is 13.9. The van der Waals surface area contributed by atoms with E-state index in [9.17, 15) is 9.59 Å². The molecule has 2 aliphatic heterocycles. The molecule has 2 amide bonds. The Morgan fingerprint density at radius 3 is 2.35 bits per heavy atom. The molecule has 0 radical (unpaired) electrons. The van der Waals surface area contributed by atoms with Crippen LogP contribution in [0.1, 0.15) is 44.9 Å². The van der Waals surface area contributed by atoms with Crippen LogP contribution in [0.3, 0.4) is 0 Å². The number of hydrogen-bond acceptors (Lipinski definition) is 3. The van der Waals surface area contributed by atoms with Crippen molar-refractivity contribution in [1.82, 2.24) is 15.5 Å². The first-order chi connectivity index (χ1) is 9.74. The van der Waals surface area contributed by atoms with E-state index in [1.165, 1.54) is 6.42 Å². The molecule has 3 rings (SSSR count). The molecule has 3 aliphatic rings. The Bertz CT molecular complexity index is 367. The number of rotatable bonds is 3. The maximum absolute atomic E-state index is 12.1. The largest absolute Gasteiger partial charge is 0.352 e. The van der Waals surface area contributed by atoms with Gasteiger partial charge in [0.15, 0.2) is 0 Å². The molecule has 3 fully saturated rings. The number of nitrogens with zero attached hydrogens (tertiary/aromatic N) is 1. The van der Waals surface area contributed by atoms with E-state index >= 15 is 0 Å². The molecule has 0 spiro atoms. The van der Waals surface area contributed by atoms with Crippen LogP contribution in [0.25, 0.3) is 0 Å². The Hall–Kier alpha value is -1.10. The van der Waals surface area contributed by atoms with Gasteiger partial charge in [0.05, 0.1) is 6.04 Å². The number of hydrogen-bond donors (Lipinski definition) is 2. The van der Waals surface area contributed by atoms with Crippen molar-refractivity contribution >= 4 is 11.8 Å². The normalized spacial score (nSPS) is 28.2. The van der Waals surface area contributed by atoms with E-state index < -0.39 is 0 Å². The van der Waals surface area contributed by atoms with Gasteiger partial charge < -0.3 is 15.5 Å². The predicted molar refractivity (Wildman–Crippen MR) is 76.1 cm³/mol. The first-order valence-corrected chi connectivity index (χ1v) is 8.06. The van der Waals surface area contributed by atoms with Gasteiger partial charge >= 0.3 is 0 Å². The maximum atomic E-state index is 12.1. The highest BCUT2D eigenvalue weighted by atomic mass is 16.2. The van der Waals surface area contributed by atoms with Crippen LogP contribution >= 0.6 is 0 Å². The summed E-state index contributed by atoms with van der Waals surface area (Å²) in [6, 6.07) is 0.240. The van der Waals surface area contributed by atoms with Gasteiger partial charge in [0.25, 0.3) is 0 Å². The minimum atomic E-state index is -0.00474. The molecule has 2 heterocycles. The molecule has 1 atom stereocenters. The number of nitrogens with one attached hydrogen (secondary N) is 2. The Morgan fingerprint density at radius 1 is 1.00 bits per heavy atom. The Balaban J connectivity index is 1.41. The van der Waals surface area contributed by atoms with Gasteiger partial charge in [-0.15, -0.1) is 0 Å². The van der Waals surface area contributed by atoms with Crippen LogP contribution in [-0.4, -0.2) is 48.4 Å². The third-order valence-electron chi connectivity index (χ3n) is 4.71. The van der Waals surface area contributed by atoms with E-state index in [1.54, 1.807) is 0 Å². The van der Waals surface area contributed by atoms with Gasteiger partial charge in [-0.05, 0) is 45.1 Å². The lowest BCUT2D eigenvalue weighted by Gasteiger charge is -2.33. The third kappa shape index (κ3) is 3.32. The number of amides is 2. The molecule has 1 saturated carbocycles. The number of carbonyl (C=O) groups is 2. The second-order valence-electron chi connectivity index (χ2n) is 6.38. The van der Waals surface area contributed by atoms with Crippen molar-refractivity contribution in [1.29, 1.82) is 0 Å². The summed E-state index contributed by atoms with van der Waals surface area (Å²) in [4.78, 5) is 26.1. The monoisotopic (exact) mass is 279 g/mol. The summed E-state index contributed by atoms with van der Waals surface area (Å²) in [7, 11) is 0. The molecule has 1 aliphatic carbocycles. The summed E-state index contributed by atoms with van der Waals surface area (Å²) >= 11 is 0. The van der Waals surface area contributed by atoms with Crippen molar-refractivity contribution in [2.75, 3.05) is 19.6 Å². The van der Waals surface area contributed by atoms with Gasteiger partial charge in [0.2, 0.25) is 11.8 Å². The van der Waals surface area contributed by atoms with Crippen molar-refractivity contribution in [2.24, 2.45) is 5.92 Å². The third-order valence-corrected chi connectivity index (χ3v) is 4.71. The summed E-state index contributed by atoms with van der Waals surface area (Å²) in [5.41, 5.74) is 0. The topological polar surface area (TPSA) is 61.4 Å². The summed E-state index contributed by atoms with van der Waals surface area (Å²) in [6.45, 7) is 2.56. The zero-order valence-corrected chi connectivity index (χ0v) is 12.1. The number of carbonyl (C=O) groups excluding carboxylic acids is 2. The Labute approximate surface area is 120 Å². The van der Waals surface area contributed by atoms with E-state index in [0.29, 0.717) is 11.8 Å². The minimum absolute atomic E-state index is 0.00474. The van der Waals surface area contributed by atoms with Gasteiger partial charge in [-0.3, -0.25) is 9.59 Å². The lowest BCUT2D eigenvalue weighted by Crippen LogP contribution is -2.52. The zero-order chi connectivity index (χ0) is 13.9. The van der Waals surface area contributed by atoms with Crippen LogP contribution in [0.4, 0.5) is 0 Å². The molecule has 0 bridgehead atoms. The first-order valence-electron chi connectivity index (χ1n) is 8.06. The van der Waals surface area contributed by atoms with Gasteiger partial charge in [0, 0.05) is 25.0 Å². The fourth-order valence-electron chi connectivity index (χ4n) is 3.21. The smallest absolute Gasteiger partial charge is 0.237 e. The van der Waals surface area contributed by atoms with Crippen molar-refractivity contribution in [3.05, 3.63) is 0 Å². The second-order valence-corrected chi connectivity index (χ2v) is 6.38. The van der Waals surface area contributed by atoms with Crippen molar-refractivity contribution in [2.45, 2.75) is 57.0 Å². The van der Waals surface area contributed by atoms with Crippen LogP contribution in [0.2, 0.25) is 0 Å². The van der Waals surface area contributed by atoms with Crippen LogP contribution in [0.15, 0.2) is 0 Å². The Morgan fingerprint density at radius 2 is 1.75 bits per heavy atom. The highest BCUT2D eigenvalue weighted by Gasteiger charge is 2.35. The molecule has 0 aromatic carbocycles. The highest BCUT2D eigenvalue weighted by molar-refractivity contribution is 5.82. The average molecular weight is 279 g/mol. The molecule has 1 unspecified atom stereocenters. The fourth-order valence-corrected chi connectivity index (χ4v) is 3.21. The lowest BCUT2D eigenvalue weighted by molar-refractivity contribution is -0.133. The van der Waals surface area contributed by atoms with Crippen molar-refractivity contribution in [3.8, 4) is 0 Å². The lowest BCUT2D eigenvalue weighted by atomic mass is 10.0. The highest BCUT2D eigenvalue weighted by Crippen LogP contribution is 2.31. The summed E-state index contributed by atoms with van der Waals surface area (Å²) < 4.78 is 0. The molecular weight excluding hydrogens is 254 g/mol. The predicted octanol–water partition coefficient (Wildman–Crippen LogP) is 0.646. The van der Waals surface area contributed by atoms with Gasteiger partial charge in [0.1, 0.15) is 0 Å². The zero-order valence-electron chi connectivity index (χ0n) is 12.1. The molecule has 112 valence electrons. The summed E-state index contributed by atoms with van der Waals surface area (Å²) in [6.07, 6.45) is 7.20. The SMILES string of the molecule is O=C(NC1CCN(C(=O)C2CC2)CC1)C1CCCCN1. The van der Waals surface area contributed by atoms with E-state index in [0.717, 1.165) is 58.2 Å². The molecule has 5 nitrogen and oxygen atoms in total. The second kappa shape index (κ2) is 6.12. The van der Waals surface area contributed by atoms with E-state index in [-0.39, 0.29) is 18.0 Å². The number of piperidine rings is 2. The number of likely N-dealkylation sites (tertiary alicyclic amines) is 1. The molecular formula is C15H25N3O2. The van der Waals surface area contributed by atoms with Gasteiger partial charge in [-0.2, -0.15) is 0 Å². The van der Waals surface area contributed by atoms with Gasteiger partial charge in [-0.25, -0.2) is 0 Å². The van der Waals surface area contributed by atoms with Crippen LogP contribution in [-0.2, 0) is 9.59 Å². The fraction of sp³-hybridized carbons (Fsp3) is 0.867. The van der Waals surface area contributed by atoms with E-state index in [2.05, 4.69) is 10.6 Å². The maximum Gasteiger partial charge on any atom is 0.237 e. The van der Waals surface area contributed by atoms with Gasteiger partial charge in [-0.1, -0.05) is 6.42 Å². The van der Waals surface area contributed by atoms with Crippen LogP contribution < -0.4 is 10.6 Å². The minimum Gasteiger partial charge on any atom is -0.352 e. The van der Waals surface area contributed by atoms with Crippen LogP contribution in [0, 0.1) is 5.92 Å². The van der Waals surface area contributed by atoms with E-state index in [4.69, 9.17) is 0 Å². The molecule has 0 aromatic rings. The molecule has 0 aromatic heterocycles. The van der Waals surface area contributed by atoms with Crippen molar-refractivity contribution in [3.63, 3.8) is 0 Å². The van der Waals surface area contributed by atoms with Crippen LogP contribution in [0.5, 0.6) is 0 Å². The summed E-state index contributed by atoms with van der Waals surface area (Å²) in [5, 5.41) is 6.44. The molecule has 2 N–H and O–H groups in total. The molecule has 2 saturated heterocycles. The average Bonchev–Trinajstić information content (AvgIpc) is 3.33. The molecule has 20 heavy (non-hydrogen) atoms. The quantitative estimate of drug-likeness (QED) is 0.797. The van der Waals surface area contributed by atoms with Crippen molar-refractivity contribution < 1.29 is 9.59 Å². The standard InChI is InChI=1S/C15H25N3O2/c19-14(13-3-1-2-8-16-13)17-12-6-9-18(10-7-12)15(20)11-4-5-11/h11-13,16H,1-10H2,(H,17,19). The summed E-state index contributed by atoms with van der Waals surface area (Å²) in [5.74, 6) is 0.799. The van der Waals surface area contributed by atoms with E-state index in [1.807, 2.05) is 4.90 Å². The molecule has 5 heteroatoms. The Kier molecular flexibility index (Phi) is 4.24.